The molecule has 1 aliphatic carbocycles. The van der Waals surface area contributed by atoms with Gasteiger partial charge in [0.15, 0.2) is 0 Å². The second-order valence-electron chi connectivity index (χ2n) is 6.13. The molecule has 0 radical (unpaired) electrons. The average Bonchev–Trinajstić information content (AvgIpc) is 3.09. The zero-order valence-corrected chi connectivity index (χ0v) is 13.3. The van der Waals surface area contributed by atoms with Crippen molar-refractivity contribution < 1.29 is 9.53 Å². The summed E-state index contributed by atoms with van der Waals surface area (Å²) in [6.07, 6.45) is 2.91. The number of carbonyl (C=O) groups excluding carboxylic acids is 1. The molecule has 3 heteroatoms. The van der Waals surface area contributed by atoms with Crippen molar-refractivity contribution >= 4 is 5.91 Å². The zero-order valence-electron chi connectivity index (χ0n) is 13.3. The Hall–Kier alpha value is -2.13. The fourth-order valence-electron chi connectivity index (χ4n) is 3.05. The quantitative estimate of drug-likeness (QED) is 0.884. The van der Waals surface area contributed by atoms with Crippen LogP contribution < -0.4 is 5.32 Å². The number of carbonyl (C=O) groups is 1. The molecule has 2 unspecified atom stereocenters. The van der Waals surface area contributed by atoms with Crippen molar-refractivity contribution in [3.63, 3.8) is 0 Å². The largest absolute Gasteiger partial charge is 0.374 e. The van der Waals surface area contributed by atoms with Crippen LogP contribution in [0.5, 0.6) is 0 Å². The highest BCUT2D eigenvalue weighted by Gasteiger charge is 2.30. The van der Waals surface area contributed by atoms with E-state index in [-0.39, 0.29) is 17.9 Å². The summed E-state index contributed by atoms with van der Waals surface area (Å²) in [7, 11) is 0. The summed E-state index contributed by atoms with van der Waals surface area (Å²) in [5.41, 5.74) is 2.32. The lowest BCUT2D eigenvalue weighted by molar-refractivity contribution is -0.125. The van der Waals surface area contributed by atoms with Crippen LogP contribution in [0, 0.1) is 5.92 Å². The molecule has 1 aliphatic rings. The molecular weight excluding hydrogens is 286 g/mol. The Morgan fingerprint density at radius 1 is 0.957 bits per heavy atom. The third kappa shape index (κ3) is 4.67. The molecule has 23 heavy (non-hydrogen) atoms. The van der Waals surface area contributed by atoms with Gasteiger partial charge in [0, 0.05) is 12.5 Å². The first kappa shape index (κ1) is 15.8. The average molecular weight is 309 g/mol. The Labute approximate surface area is 137 Å². The van der Waals surface area contributed by atoms with Gasteiger partial charge in [-0.2, -0.15) is 0 Å². The summed E-state index contributed by atoms with van der Waals surface area (Å²) < 4.78 is 5.95. The maximum atomic E-state index is 12.3. The van der Waals surface area contributed by atoms with Crippen LogP contribution in [0.2, 0.25) is 0 Å². The van der Waals surface area contributed by atoms with Crippen molar-refractivity contribution in [1.29, 1.82) is 0 Å². The van der Waals surface area contributed by atoms with Crippen molar-refractivity contribution in [2.24, 2.45) is 5.92 Å². The second kappa shape index (κ2) is 7.93. The van der Waals surface area contributed by atoms with E-state index in [1.54, 1.807) is 0 Å². The first-order valence-electron chi connectivity index (χ1n) is 8.28. The molecule has 3 rings (SSSR count). The molecule has 1 amide bonds. The fourth-order valence-corrected chi connectivity index (χ4v) is 3.05. The topological polar surface area (TPSA) is 38.3 Å². The van der Waals surface area contributed by atoms with E-state index in [9.17, 15) is 4.79 Å². The number of rotatable bonds is 6. The van der Waals surface area contributed by atoms with E-state index in [0.717, 1.165) is 24.8 Å². The van der Waals surface area contributed by atoms with Crippen LogP contribution in [-0.2, 0) is 22.7 Å². The first-order chi connectivity index (χ1) is 11.3. The van der Waals surface area contributed by atoms with Crippen molar-refractivity contribution in [3.8, 4) is 0 Å². The summed E-state index contributed by atoms with van der Waals surface area (Å²) in [6, 6.07) is 20.2. The molecule has 1 saturated carbocycles. The summed E-state index contributed by atoms with van der Waals surface area (Å²) in [5.74, 6) is 0.235. The molecule has 0 aromatic heterocycles. The van der Waals surface area contributed by atoms with E-state index in [0.29, 0.717) is 13.2 Å². The van der Waals surface area contributed by atoms with Crippen LogP contribution in [-0.4, -0.2) is 12.0 Å². The van der Waals surface area contributed by atoms with Gasteiger partial charge in [-0.25, -0.2) is 0 Å². The van der Waals surface area contributed by atoms with Crippen molar-refractivity contribution in [2.75, 3.05) is 0 Å². The third-order valence-electron chi connectivity index (χ3n) is 4.39. The molecule has 2 aromatic carbocycles. The third-order valence-corrected chi connectivity index (χ3v) is 4.39. The highest BCUT2D eigenvalue weighted by Crippen LogP contribution is 2.28. The van der Waals surface area contributed by atoms with E-state index in [2.05, 4.69) is 17.4 Å². The van der Waals surface area contributed by atoms with Crippen LogP contribution >= 0.6 is 0 Å². The van der Waals surface area contributed by atoms with E-state index in [4.69, 9.17) is 4.74 Å². The van der Waals surface area contributed by atoms with E-state index in [1.807, 2.05) is 48.5 Å². The van der Waals surface area contributed by atoms with Gasteiger partial charge in [-0.3, -0.25) is 4.79 Å². The van der Waals surface area contributed by atoms with E-state index in [1.165, 1.54) is 5.56 Å². The molecule has 2 atom stereocenters. The van der Waals surface area contributed by atoms with Gasteiger partial charge in [-0.15, -0.1) is 0 Å². The summed E-state index contributed by atoms with van der Waals surface area (Å²) in [6.45, 7) is 1.23. The minimum absolute atomic E-state index is 0.0829. The minimum Gasteiger partial charge on any atom is -0.374 e. The second-order valence-corrected chi connectivity index (χ2v) is 6.13. The number of amides is 1. The molecular formula is C20H23NO2. The van der Waals surface area contributed by atoms with Crippen LogP contribution in [0.3, 0.4) is 0 Å². The zero-order chi connectivity index (χ0) is 15.9. The van der Waals surface area contributed by atoms with Gasteiger partial charge in [-0.1, -0.05) is 60.7 Å². The lowest BCUT2D eigenvalue weighted by Crippen LogP contribution is -2.29. The van der Waals surface area contributed by atoms with Gasteiger partial charge in [0.2, 0.25) is 5.91 Å². The minimum atomic E-state index is 0.0829. The number of ether oxygens (including phenoxy) is 1. The summed E-state index contributed by atoms with van der Waals surface area (Å²) >= 11 is 0. The molecule has 120 valence electrons. The summed E-state index contributed by atoms with van der Waals surface area (Å²) in [5, 5.41) is 3.04. The molecule has 0 saturated heterocycles. The van der Waals surface area contributed by atoms with Gasteiger partial charge in [0.1, 0.15) is 0 Å². The van der Waals surface area contributed by atoms with Crippen LogP contribution in [0.4, 0.5) is 0 Å². The molecule has 3 nitrogen and oxygen atoms in total. The molecule has 0 bridgehead atoms. The number of nitrogens with one attached hydrogen (secondary N) is 1. The fraction of sp³-hybridized carbons (Fsp3) is 0.350. The Balaban J connectivity index is 1.41. The number of benzene rings is 2. The predicted molar refractivity (Wildman–Crippen MR) is 90.6 cm³/mol. The highest BCUT2D eigenvalue weighted by molar-refractivity contribution is 5.78. The lowest BCUT2D eigenvalue weighted by atomic mass is 10.1. The summed E-state index contributed by atoms with van der Waals surface area (Å²) in [4.78, 5) is 12.3. The van der Waals surface area contributed by atoms with Gasteiger partial charge in [-0.05, 0) is 30.4 Å². The number of hydrogen-bond donors (Lipinski definition) is 1. The molecule has 2 aromatic rings. The van der Waals surface area contributed by atoms with Crippen LogP contribution in [0.1, 0.15) is 30.4 Å². The molecule has 0 spiro atoms. The van der Waals surface area contributed by atoms with Crippen molar-refractivity contribution in [1.82, 2.24) is 5.32 Å². The van der Waals surface area contributed by atoms with E-state index >= 15 is 0 Å². The highest BCUT2D eigenvalue weighted by atomic mass is 16.5. The Bertz CT molecular complexity index is 612. The van der Waals surface area contributed by atoms with E-state index < -0.39 is 0 Å². The van der Waals surface area contributed by atoms with Crippen molar-refractivity contribution in [3.05, 3.63) is 71.8 Å². The van der Waals surface area contributed by atoms with Crippen LogP contribution in [0.25, 0.3) is 0 Å². The van der Waals surface area contributed by atoms with Gasteiger partial charge in [0.25, 0.3) is 0 Å². The SMILES string of the molecule is O=C(NCc1ccccc1)C1CCC(OCc2ccccc2)C1. The Morgan fingerprint density at radius 2 is 1.61 bits per heavy atom. The maximum Gasteiger partial charge on any atom is 0.223 e. The molecule has 1 N–H and O–H groups in total. The Morgan fingerprint density at radius 3 is 2.30 bits per heavy atom. The molecule has 0 aliphatic heterocycles. The monoisotopic (exact) mass is 309 g/mol. The first-order valence-corrected chi connectivity index (χ1v) is 8.28. The number of hydrogen-bond acceptors (Lipinski definition) is 2. The standard InChI is InChI=1S/C20H23NO2/c22-20(21-14-16-7-3-1-4-8-16)18-11-12-19(13-18)23-15-17-9-5-2-6-10-17/h1-10,18-19H,11-15H2,(H,21,22). The molecule has 0 heterocycles. The molecule has 1 fully saturated rings. The normalized spacial score (nSPS) is 20.3. The van der Waals surface area contributed by atoms with Gasteiger partial charge in [0.05, 0.1) is 12.7 Å². The van der Waals surface area contributed by atoms with Crippen molar-refractivity contribution in [2.45, 2.75) is 38.5 Å². The van der Waals surface area contributed by atoms with Gasteiger partial charge >= 0.3 is 0 Å². The predicted octanol–water partition coefficient (Wildman–Crippen LogP) is 3.69. The van der Waals surface area contributed by atoms with Crippen LogP contribution in [0.15, 0.2) is 60.7 Å². The lowest BCUT2D eigenvalue weighted by Gasteiger charge is -2.13. The smallest absolute Gasteiger partial charge is 0.223 e. The Kier molecular flexibility index (Phi) is 5.43. The van der Waals surface area contributed by atoms with Gasteiger partial charge < -0.3 is 10.1 Å². The maximum absolute atomic E-state index is 12.3.